The Labute approximate surface area is 113 Å². The second kappa shape index (κ2) is 6.90. The Morgan fingerprint density at radius 2 is 2.28 bits per heavy atom. The third kappa shape index (κ3) is 4.10. The molecular weight excluding hydrogens is 244 g/mol. The smallest absolute Gasteiger partial charge is 0.222 e. The van der Waals surface area contributed by atoms with Gasteiger partial charge in [-0.1, -0.05) is 6.07 Å². The average Bonchev–Trinajstić information content (AvgIpc) is 2.90. The predicted molar refractivity (Wildman–Crippen MR) is 75.6 cm³/mol. The second-order valence-electron chi connectivity index (χ2n) is 5.06. The first-order chi connectivity index (χ1) is 8.75. The van der Waals surface area contributed by atoms with Crippen LogP contribution in [0.1, 0.15) is 30.6 Å². The zero-order valence-corrected chi connectivity index (χ0v) is 11.8. The first kappa shape index (κ1) is 13.6. The van der Waals surface area contributed by atoms with E-state index in [1.54, 1.807) is 11.3 Å². The van der Waals surface area contributed by atoms with Gasteiger partial charge < -0.3 is 10.2 Å². The Balaban J connectivity index is 1.70. The van der Waals surface area contributed by atoms with E-state index in [1.807, 2.05) is 18.0 Å². The van der Waals surface area contributed by atoms with Gasteiger partial charge in [-0.15, -0.1) is 11.3 Å². The number of hydrogen-bond donors (Lipinski definition) is 1. The molecule has 1 aliphatic heterocycles. The van der Waals surface area contributed by atoms with Gasteiger partial charge in [0.2, 0.25) is 5.91 Å². The molecule has 3 nitrogen and oxygen atoms in total. The summed E-state index contributed by atoms with van der Waals surface area (Å²) in [6, 6.07) is 4.12. The average molecular weight is 266 g/mol. The van der Waals surface area contributed by atoms with Gasteiger partial charge in [0.1, 0.15) is 0 Å². The molecule has 0 aliphatic carbocycles. The third-order valence-electron chi connectivity index (χ3n) is 3.62. The Bertz CT molecular complexity index is 358. The number of carbonyl (C=O) groups excluding carboxylic acids is 1. The van der Waals surface area contributed by atoms with E-state index in [9.17, 15) is 4.79 Å². The van der Waals surface area contributed by atoms with E-state index in [0.717, 1.165) is 32.0 Å². The SMILES string of the molecule is CN(Cc1cccs1)C(=O)CCC1CCNCC1. The summed E-state index contributed by atoms with van der Waals surface area (Å²) in [5, 5.41) is 5.42. The van der Waals surface area contributed by atoms with E-state index in [1.165, 1.54) is 17.7 Å². The zero-order valence-electron chi connectivity index (χ0n) is 11.0. The Hall–Kier alpha value is -0.870. The summed E-state index contributed by atoms with van der Waals surface area (Å²) in [4.78, 5) is 15.1. The van der Waals surface area contributed by atoms with E-state index in [-0.39, 0.29) is 5.91 Å². The molecule has 1 amide bonds. The van der Waals surface area contributed by atoms with Gasteiger partial charge in [0.05, 0.1) is 6.54 Å². The number of nitrogens with zero attached hydrogens (tertiary/aromatic N) is 1. The number of thiophene rings is 1. The summed E-state index contributed by atoms with van der Waals surface area (Å²) in [6.07, 6.45) is 4.20. The van der Waals surface area contributed by atoms with E-state index in [2.05, 4.69) is 16.8 Å². The molecule has 1 N–H and O–H groups in total. The number of hydrogen-bond acceptors (Lipinski definition) is 3. The number of rotatable bonds is 5. The second-order valence-corrected chi connectivity index (χ2v) is 6.09. The minimum atomic E-state index is 0.280. The predicted octanol–water partition coefficient (Wildman–Crippen LogP) is 2.49. The van der Waals surface area contributed by atoms with Crippen molar-refractivity contribution in [3.63, 3.8) is 0 Å². The molecule has 1 saturated heterocycles. The molecule has 4 heteroatoms. The van der Waals surface area contributed by atoms with Crippen molar-refractivity contribution in [2.24, 2.45) is 5.92 Å². The van der Waals surface area contributed by atoms with Crippen LogP contribution < -0.4 is 5.32 Å². The molecule has 0 radical (unpaired) electrons. The molecule has 0 saturated carbocycles. The molecular formula is C14H22N2OS. The van der Waals surface area contributed by atoms with Crippen molar-refractivity contribution in [2.45, 2.75) is 32.2 Å². The lowest BCUT2D eigenvalue weighted by molar-refractivity contribution is -0.130. The van der Waals surface area contributed by atoms with Gasteiger partial charge in [-0.2, -0.15) is 0 Å². The van der Waals surface area contributed by atoms with E-state index in [0.29, 0.717) is 6.42 Å². The highest BCUT2D eigenvalue weighted by molar-refractivity contribution is 7.09. The first-order valence-corrected chi connectivity index (χ1v) is 7.60. The van der Waals surface area contributed by atoms with Gasteiger partial charge >= 0.3 is 0 Å². The van der Waals surface area contributed by atoms with Crippen molar-refractivity contribution in [3.8, 4) is 0 Å². The summed E-state index contributed by atoms with van der Waals surface area (Å²) in [6.45, 7) is 2.98. The van der Waals surface area contributed by atoms with Crippen molar-refractivity contribution in [3.05, 3.63) is 22.4 Å². The van der Waals surface area contributed by atoms with E-state index >= 15 is 0 Å². The molecule has 0 spiro atoms. The van der Waals surface area contributed by atoms with Crippen LogP contribution in [0.3, 0.4) is 0 Å². The molecule has 0 unspecified atom stereocenters. The molecule has 1 aromatic heterocycles. The fraction of sp³-hybridized carbons (Fsp3) is 0.643. The van der Waals surface area contributed by atoms with Gasteiger partial charge in [-0.25, -0.2) is 0 Å². The largest absolute Gasteiger partial charge is 0.341 e. The number of amides is 1. The normalized spacial score (nSPS) is 16.7. The lowest BCUT2D eigenvalue weighted by Gasteiger charge is -2.23. The third-order valence-corrected chi connectivity index (χ3v) is 4.49. The summed E-state index contributed by atoms with van der Waals surface area (Å²) in [5.41, 5.74) is 0. The van der Waals surface area contributed by atoms with Crippen LogP contribution in [0.5, 0.6) is 0 Å². The lowest BCUT2D eigenvalue weighted by Crippen LogP contribution is -2.30. The van der Waals surface area contributed by atoms with Crippen LogP contribution in [0.2, 0.25) is 0 Å². The minimum absolute atomic E-state index is 0.280. The van der Waals surface area contributed by atoms with Gasteiger partial charge in [-0.05, 0) is 49.7 Å². The van der Waals surface area contributed by atoms with Gasteiger partial charge in [-0.3, -0.25) is 4.79 Å². The van der Waals surface area contributed by atoms with Crippen molar-refractivity contribution < 1.29 is 4.79 Å². The van der Waals surface area contributed by atoms with Crippen LogP contribution in [-0.4, -0.2) is 30.9 Å². The summed E-state index contributed by atoms with van der Waals surface area (Å²) in [5.74, 6) is 1.02. The fourth-order valence-corrected chi connectivity index (χ4v) is 3.17. The van der Waals surface area contributed by atoms with Gasteiger partial charge in [0.15, 0.2) is 0 Å². The van der Waals surface area contributed by atoms with Crippen LogP contribution >= 0.6 is 11.3 Å². The maximum absolute atomic E-state index is 12.0. The summed E-state index contributed by atoms with van der Waals surface area (Å²) in [7, 11) is 1.91. The van der Waals surface area contributed by atoms with Crippen molar-refractivity contribution in [1.82, 2.24) is 10.2 Å². The van der Waals surface area contributed by atoms with Crippen LogP contribution in [0.15, 0.2) is 17.5 Å². The maximum atomic E-state index is 12.0. The molecule has 1 fully saturated rings. The maximum Gasteiger partial charge on any atom is 0.222 e. The minimum Gasteiger partial charge on any atom is -0.341 e. The van der Waals surface area contributed by atoms with Crippen LogP contribution in [-0.2, 0) is 11.3 Å². The molecule has 0 atom stereocenters. The molecule has 0 bridgehead atoms. The summed E-state index contributed by atoms with van der Waals surface area (Å²) >= 11 is 1.71. The molecule has 100 valence electrons. The van der Waals surface area contributed by atoms with Crippen molar-refractivity contribution in [1.29, 1.82) is 0 Å². The standard InChI is InChI=1S/C14H22N2OS/c1-16(11-13-3-2-10-18-13)14(17)5-4-12-6-8-15-9-7-12/h2-3,10,12,15H,4-9,11H2,1H3. The number of carbonyl (C=O) groups is 1. The highest BCUT2D eigenvalue weighted by Gasteiger charge is 2.16. The summed E-state index contributed by atoms with van der Waals surface area (Å²) < 4.78 is 0. The highest BCUT2D eigenvalue weighted by Crippen LogP contribution is 2.19. The number of piperidine rings is 1. The van der Waals surface area contributed by atoms with Crippen molar-refractivity contribution in [2.75, 3.05) is 20.1 Å². The first-order valence-electron chi connectivity index (χ1n) is 6.73. The highest BCUT2D eigenvalue weighted by atomic mass is 32.1. The molecule has 2 rings (SSSR count). The van der Waals surface area contributed by atoms with Crippen molar-refractivity contribution >= 4 is 17.2 Å². The Morgan fingerprint density at radius 3 is 2.94 bits per heavy atom. The van der Waals surface area contributed by atoms with E-state index in [4.69, 9.17) is 0 Å². The Kier molecular flexibility index (Phi) is 5.20. The molecule has 18 heavy (non-hydrogen) atoms. The van der Waals surface area contributed by atoms with Crippen LogP contribution in [0.25, 0.3) is 0 Å². The topological polar surface area (TPSA) is 32.3 Å². The monoisotopic (exact) mass is 266 g/mol. The Morgan fingerprint density at radius 1 is 1.50 bits per heavy atom. The van der Waals surface area contributed by atoms with Gasteiger partial charge in [0.25, 0.3) is 0 Å². The zero-order chi connectivity index (χ0) is 12.8. The lowest BCUT2D eigenvalue weighted by atomic mass is 9.93. The quantitative estimate of drug-likeness (QED) is 0.888. The van der Waals surface area contributed by atoms with Crippen LogP contribution in [0.4, 0.5) is 0 Å². The molecule has 0 aromatic carbocycles. The van der Waals surface area contributed by atoms with E-state index < -0.39 is 0 Å². The molecule has 2 heterocycles. The molecule has 1 aliphatic rings. The van der Waals surface area contributed by atoms with Crippen LogP contribution in [0, 0.1) is 5.92 Å². The molecule has 1 aromatic rings. The van der Waals surface area contributed by atoms with Gasteiger partial charge in [0, 0.05) is 18.3 Å². The number of nitrogens with one attached hydrogen (secondary N) is 1. The fourth-order valence-electron chi connectivity index (χ4n) is 2.41.